The molecule has 0 amide bonds. The maximum atomic E-state index is 4.34. The molecule has 0 spiro atoms. The highest BCUT2D eigenvalue weighted by Gasteiger charge is 2.09. The second-order valence-electron chi connectivity index (χ2n) is 5.85. The molecule has 23 heavy (non-hydrogen) atoms. The Balaban J connectivity index is 1.78. The van der Waals surface area contributed by atoms with E-state index >= 15 is 0 Å². The number of nitrogens with one attached hydrogen (secondary N) is 1. The lowest BCUT2D eigenvalue weighted by atomic mass is 9.94. The van der Waals surface area contributed by atoms with Gasteiger partial charge >= 0.3 is 0 Å². The van der Waals surface area contributed by atoms with E-state index in [1.165, 1.54) is 32.3 Å². The van der Waals surface area contributed by atoms with Crippen molar-refractivity contribution in [2.75, 3.05) is 5.32 Å². The molecule has 2 heteroatoms. The maximum absolute atomic E-state index is 4.34. The largest absolute Gasteiger partial charge is 0.340 e. The molecular formula is C21H14N2. The van der Waals surface area contributed by atoms with Crippen LogP contribution in [0.2, 0.25) is 0 Å². The fourth-order valence-electron chi connectivity index (χ4n) is 3.41. The summed E-state index contributed by atoms with van der Waals surface area (Å²) in [5.74, 6) is 0.861. The fraction of sp³-hybridized carbons (Fsp3) is 0. The normalized spacial score (nSPS) is 11.5. The molecule has 2 nitrogen and oxygen atoms in total. The SMILES string of the molecule is c1ccc(Nc2cc3ccc4cccc5ccc(c2)c3c45)nc1. The van der Waals surface area contributed by atoms with Crippen LogP contribution in [0.25, 0.3) is 32.3 Å². The first-order chi connectivity index (χ1) is 11.4. The van der Waals surface area contributed by atoms with Gasteiger partial charge in [-0.15, -0.1) is 0 Å². The summed E-state index contributed by atoms with van der Waals surface area (Å²) in [7, 11) is 0. The van der Waals surface area contributed by atoms with E-state index in [9.17, 15) is 0 Å². The van der Waals surface area contributed by atoms with E-state index < -0.39 is 0 Å². The zero-order valence-electron chi connectivity index (χ0n) is 12.5. The van der Waals surface area contributed by atoms with Crippen LogP contribution in [-0.2, 0) is 0 Å². The first kappa shape index (κ1) is 12.4. The van der Waals surface area contributed by atoms with Gasteiger partial charge in [-0.3, -0.25) is 0 Å². The molecule has 0 bridgehead atoms. The Labute approximate surface area is 133 Å². The maximum Gasteiger partial charge on any atom is 0.130 e. The van der Waals surface area contributed by atoms with Gasteiger partial charge < -0.3 is 5.32 Å². The quantitative estimate of drug-likeness (QED) is 0.421. The van der Waals surface area contributed by atoms with Crippen molar-refractivity contribution < 1.29 is 0 Å². The molecule has 4 aromatic carbocycles. The van der Waals surface area contributed by atoms with Crippen LogP contribution in [0, 0.1) is 0 Å². The molecule has 0 unspecified atom stereocenters. The molecule has 0 saturated carbocycles. The molecule has 0 aliphatic carbocycles. The van der Waals surface area contributed by atoms with E-state index in [0.717, 1.165) is 11.5 Å². The highest BCUT2D eigenvalue weighted by molar-refractivity contribution is 6.23. The Hall–Kier alpha value is -3.13. The lowest BCUT2D eigenvalue weighted by Crippen LogP contribution is -1.93. The lowest BCUT2D eigenvalue weighted by molar-refractivity contribution is 1.31. The van der Waals surface area contributed by atoms with Crippen molar-refractivity contribution in [3.8, 4) is 0 Å². The van der Waals surface area contributed by atoms with E-state index in [-0.39, 0.29) is 0 Å². The summed E-state index contributed by atoms with van der Waals surface area (Å²) in [5.41, 5.74) is 1.06. The summed E-state index contributed by atoms with van der Waals surface area (Å²) in [6.07, 6.45) is 1.80. The van der Waals surface area contributed by atoms with E-state index in [4.69, 9.17) is 0 Å². The molecule has 0 radical (unpaired) electrons. The van der Waals surface area contributed by atoms with Crippen molar-refractivity contribution >= 4 is 43.8 Å². The average Bonchev–Trinajstić information content (AvgIpc) is 2.60. The number of anilines is 2. The molecular weight excluding hydrogens is 280 g/mol. The summed E-state index contributed by atoms with van der Waals surface area (Å²) in [6, 6.07) is 25.6. The molecule has 0 atom stereocenters. The molecule has 1 heterocycles. The Morgan fingerprint density at radius 3 is 1.91 bits per heavy atom. The van der Waals surface area contributed by atoms with Gasteiger partial charge in [0.1, 0.15) is 5.82 Å². The van der Waals surface area contributed by atoms with Gasteiger partial charge in [0.25, 0.3) is 0 Å². The number of hydrogen-bond donors (Lipinski definition) is 1. The highest BCUT2D eigenvalue weighted by atomic mass is 15.0. The van der Waals surface area contributed by atoms with Crippen LogP contribution in [0.5, 0.6) is 0 Å². The van der Waals surface area contributed by atoms with Gasteiger partial charge in [-0.25, -0.2) is 4.98 Å². The van der Waals surface area contributed by atoms with Crippen LogP contribution < -0.4 is 5.32 Å². The highest BCUT2D eigenvalue weighted by Crippen LogP contribution is 2.36. The molecule has 0 fully saturated rings. The standard InChI is InChI=1S/C21H14N2/c1-2-11-22-19(6-1)23-18-12-16-9-7-14-4-3-5-15-8-10-17(13-18)21(16)20(14)15/h1-13H,(H,22,23). The molecule has 0 saturated heterocycles. The van der Waals surface area contributed by atoms with Gasteiger partial charge in [0.15, 0.2) is 0 Å². The minimum Gasteiger partial charge on any atom is -0.340 e. The van der Waals surface area contributed by atoms with Gasteiger partial charge in [-0.1, -0.05) is 48.5 Å². The first-order valence-electron chi connectivity index (χ1n) is 7.74. The minimum absolute atomic E-state index is 0.861. The molecule has 5 rings (SSSR count). The number of pyridine rings is 1. The van der Waals surface area contributed by atoms with Gasteiger partial charge in [0.05, 0.1) is 0 Å². The lowest BCUT2D eigenvalue weighted by Gasteiger charge is -2.13. The number of aromatic nitrogens is 1. The Morgan fingerprint density at radius 1 is 0.609 bits per heavy atom. The van der Waals surface area contributed by atoms with Crippen molar-refractivity contribution in [2.24, 2.45) is 0 Å². The summed E-state index contributed by atoms with van der Waals surface area (Å²) in [4.78, 5) is 4.34. The number of nitrogens with zero attached hydrogens (tertiary/aromatic N) is 1. The molecule has 108 valence electrons. The third-order valence-corrected chi connectivity index (χ3v) is 4.40. The fourth-order valence-corrected chi connectivity index (χ4v) is 3.41. The Kier molecular flexibility index (Phi) is 2.53. The number of benzene rings is 4. The zero-order valence-corrected chi connectivity index (χ0v) is 12.5. The van der Waals surface area contributed by atoms with Gasteiger partial charge in [-0.05, 0) is 56.6 Å². The monoisotopic (exact) mass is 294 g/mol. The second-order valence-corrected chi connectivity index (χ2v) is 5.85. The summed E-state index contributed by atoms with van der Waals surface area (Å²) >= 11 is 0. The second kappa shape index (κ2) is 4.68. The summed E-state index contributed by atoms with van der Waals surface area (Å²) in [5, 5.41) is 11.2. The van der Waals surface area contributed by atoms with Crippen LogP contribution in [-0.4, -0.2) is 4.98 Å². The van der Waals surface area contributed by atoms with Gasteiger partial charge in [0, 0.05) is 11.9 Å². The number of hydrogen-bond acceptors (Lipinski definition) is 2. The predicted molar refractivity (Wildman–Crippen MR) is 97.7 cm³/mol. The number of rotatable bonds is 2. The van der Waals surface area contributed by atoms with Crippen molar-refractivity contribution in [3.05, 3.63) is 79.0 Å². The molecule has 1 aromatic heterocycles. The Bertz CT molecular complexity index is 1070. The molecule has 0 aliphatic rings. The summed E-state index contributed by atoms with van der Waals surface area (Å²) < 4.78 is 0. The van der Waals surface area contributed by atoms with E-state index in [0.29, 0.717) is 0 Å². The topological polar surface area (TPSA) is 24.9 Å². The molecule has 0 aliphatic heterocycles. The van der Waals surface area contributed by atoms with Crippen LogP contribution >= 0.6 is 0 Å². The third kappa shape index (κ3) is 1.92. The zero-order chi connectivity index (χ0) is 15.2. The predicted octanol–water partition coefficient (Wildman–Crippen LogP) is 5.72. The smallest absolute Gasteiger partial charge is 0.130 e. The summed E-state index contributed by atoms with van der Waals surface area (Å²) in [6.45, 7) is 0. The van der Waals surface area contributed by atoms with Crippen molar-refractivity contribution in [1.82, 2.24) is 4.98 Å². The van der Waals surface area contributed by atoms with Crippen molar-refractivity contribution in [2.45, 2.75) is 0 Å². The average molecular weight is 294 g/mol. The first-order valence-corrected chi connectivity index (χ1v) is 7.74. The van der Waals surface area contributed by atoms with E-state index in [2.05, 4.69) is 64.9 Å². The van der Waals surface area contributed by atoms with Crippen LogP contribution in [0.1, 0.15) is 0 Å². The van der Waals surface area contributed by atoms with Crippen LogP contribution in [0.4, 0.5) is 11.5 Å². The third-order valence-electron chi connectivity index (χ3n) is 4.40. The van der Waals surface area contributed by atoms with Crippen molar-refractivity contribution in [1.29, 1.82) is 0 Å². The van der Waals surface area contributed by atoms with Crippen LogP contribution in [0.15, 0.2) is 79.0 Å². The van der Waals surface area contributed by atoms with Crippen molar-refractivity contribution in [3.63, 3.8) is 0 Å². The van der Waals surface area contributed by atoms with E-state index in [1.807, 2.05) is 18.2 Å². The van der Waals surface area contributed by atoms with E-state index in [1.54, 1.807) is 6.20 Å². The molecule has 5 aromatic rings. The Morgan fingerprint density at radius 2 is 1.26 bits per heavy atom. The van der Waals surface area contributed by atoms with Gasteiger partial charge in [-0.2, -0.15) is 0 Å². The van der Waals surface area contributed by atoms with Gasteiger partial charge in [0.2, 0.25) is 0 Å². The molecule has 1 N–H and O–H groups in total. The minimum atomic E-state index is 0.861. The van der Waals surface area contributed by atoms with Crippen LogP contribution in [0.3, 0.4) is 0 Å².